The zero-order valence-corrected chi connectivity index (χ0v) is 13.6. The summed E-state index contributed by atoms with van der Waals surface area (Å²) >= 11 is 0. The average Bonchev–Trinajstić information content (AvgIpc) is 2.61. The molecule has 0 fully saturated rings. The van der Waals surface area contributed by atoms with Gasteiger partial charge in [-0.1, -0.05) is 12.1 Å². The van der Waals surface area contributed by atoms with E-state index in [1.54, 1.807) is 49.6 Å². The lowest BCUT2D eigenvalue weighted by Crippen LogP contribution is -2.07. The van der Waals surface area contributed by atoms with Crippen LogP contribution in [0.15, 0.2) is 48.5 Å². The van der Waals surface area contributed by atoms with Gasteiger partial charge in [0.25, 0.3) is 0 Å². The Kier molecular flexibility index (Phi) is 5.98. The van der Waals surface area contributed by atoms with E-state index in [1.807, 2.05) is 19.1 Å². The van der Waals surface area contributed by atoms with E-state index in [0.29, 0.717) is 29.4 Å². The molecule has 0 unspecified atom stereocenters. The third-order valence-electron chi connectivity index (χ3n) is 3.17. The monoisotopic (exact) mass is 322 g/mol. The van der Waals surface area contributed by atoms with Gasteiger partial charge in [-0.15, -0.1) is 0 Å². The van der Waals surface area contributed by atoms with Crippen LogP contribution >= 0.6 is 0 Å². The Morgan fingerprint density at radius 2 is 2.08 bits per heavy atom. The number of anilines is 1. The molecule has 24 heavy (non-hydrogen) atoms. The number of rotatable bonds is 6. The zero-order valence-electron chi connectivity index (χ0n) is 13.6. The van der Waals surface area contributed by atoms with Crippen LogP contribution in [-0.2, 0) is 4.79 Å². The molecule has 0 bridgehead atoms. The van der Waals surface area contributed by atoms with Gasteiger partial charge in [0.05, 0.1) is 25.3 Å². The summed E-state index contributed by atoms with van der Waals surface area (Å²) in [4.78, 5) is 12.0. The van der Waals surface area contributed by atoms with Gasteiger partial charge in [0, 0.05) is 11.8 Å². The molecule has 0 spiro atoms. The van der Waals surface area contributed by atoms with Crippen LogP contribution < -0.4 is 14.8 Å². The van der Waals surface area contributed by atoms with Crippen LogP contribution in [0.25, 0.3) is 6.08 Å². The van der Waals surface area contributed by atoms with Gasteiger partial charge >= 0.3 is 0 Å². The minimum absolute atomic E-state index is 0.280. The highest BCUT2D eigenvalue weighted by atomic mass is 16.5. The first-order valence-electron chi connectivity index (χ1n) is 7.46. The lowest BCUT2D eigenvalue weighted by Gasteiger charge is -2.09. The van der Waals surface area contributed by atoms with Crippen molar-refractivity contribution in [3.8, 4) is 17.6 Å². The highest BCUT2D eigenvalue weighted by molar-refractivity contribution is 6.02. The van der Waals surface area contributed by atoms with E-state index in [-0.39, 0.29) is 5.91 Å². The van der Waals surface area contributed by atoms with E-state index in [9.17, 15) is 4.79 Å². The van der Waals surface area contributed by atoms with E-state index >= 15 is 0 Å². The minimum Gasteiger partial charge on any atom is -0.493 e. The number of nitrogens with one attached hydrogen (secondary N) is 1. The minimum atomic E-state index is -0.280. The van der Waals surface area contributed by atoms with Crippen molar-refractivity contribution in [3.05, 3.63) is 59.7 Å². The van der Waals surface area contributed by atoms with Crippen molar-refractivity contribution in [2.45, 2.75) is 6.92 Å². The van der Waals surface area contributed by atoms with Crippen LogP contribution in [0.4, 0.5) is 5.69 Å². The van der Waals surface area contributed by atoms with Crippen molar-refractivity contribution in [2.75, 3.05) is 19.0 Å². The molecule has 0 saturated heterocycles. The zero-order chi connectivity index (χ0) is 17.4. The first kappa shape index (κ1) is 17.1. The first-order chi connectivity index (χ1) is 11.7. The summed E-state index contributed by atoms with van der Waals surface area (Å²) in [5.41, 5.74) is 1.89. The molecule has 0 atom stereocenters. The standard InChI is InChI=1S/C19H18N2O3/c1-3-24-17-9-7-14(12-18(17)23-2)8-10-19(22)21-16-6-4-5-15(11-16)13-20/h4-12H,3H2,1-2H3,(H,21,22)/b10-8+. The normalized spacial score (nSPS) is 10.2. The molecule has 2 aromatic rings. The van der Waals surface area contributed by atoms with Gasteiger partial charge < -0.3 is 14.8 Å². The summed E-state index contributed by atoms with van der Waals surface area (Å²) in [6.45, 7) is 2.45. The predicted molar refractivity (Wildman–Crippen MR) is 93.0 cm³/mol. The molecule has 1 N–H and O–H groups in total. The van der Waals surface area contributed by atoms with E-state index in [2.05, 4.69) is 5.32 Å². The number of nitriles is 1. The van der Waals surface area contributed by atoms with Gasteiger partial charge in [-0.05, 0) is 48.9 Å². The van der Waals surface area contributed by atoms with Crippen molar-refractivity contribution < 1.29 is 14.3 Å². The highest BCUT2D eigenvalue weighted by Gasteiger charge is 2.04. The fourth-order valence-corrected chi connectivity index (χ4v) is 2.08. The van der Waals surface area contributed by atoms with Crippen LogP contribution in [0.3, 0.4) is 0 Å². The van der Waals surface area contributed by atoms with Gasteiger partial charge in [-0.2, -0.15) is 5.26 Å². The molecule has 0 aliphatic heterocycles. The Hall–Kier alpha value is -3.26. The molecule has 0 aromatic heterocycles. The number of hydrogen-bond acceptors (Lipinski definition) is 4. The maximum atomic E-state index is 12.0. The number of carbonyl (C=O) groups excluding carboxylic acids is 1. The summed E-state index contributed by atoms with van der Waals surface area (Å²) in [5, 5.41) is 11.6. The lowest BCUT2D eigenvalue weighted by molar-refractivity contribution is -0.111. The summed E-state index contributed by atoms with van der Waals surface area (Å²) in [7, 11) is 1.57. The largest absolute Gasteiger partial charge is 0.493 e. The summed E-state index contributed by atoms with van der Waals surface area (Å²) in [6, 6.07) is 14.2. The van der Waals surface area contributed by atoms with Gasteiger partial charge in [0.15, 0.2) is 11.5 Å². The topological polar surface area (TPSA) is 71.3 Å². The predicted octanol–water partition coefficient (Wildman–Crippen LogP) is 3.62. The maximum absolute atomic E-state index is 12.0. The van der Waals surface area contributed by atoms with Crippen LogP contribution in [0.2, 0.25) is 0 Å². The Morgan fingerprint density at radius 1 is 1.25 bits per heavy atom. The molecule has 0 radical (unpaired) electrons. The summed E-state index contributed by atoms with van der Waals surface area (Å²) in [5.74, 6) is 0.994. The second kappa shape index (κ2) is 8.39. The van der Waals surface area contributed by atoms with Gasteiger partial charge in [0.1, 0.15) is 0 Å². The van der Waals surface area contributed by atoms with Crippen molar-refractivity contribution in [1.82, 2.24) is 0 Å². The van der Waals surface area contributed by atoms with Crippen LogP contribution in [0.1, 0.15) is 18.1 Å². The third kappa shape index (κ3) is 4.62. The van der Waals surface area contributed by atoms with Crippen molar-refractivity contribution in [2.24, 2.45) is 0 Å². The Labute approximate surface area is 141 Å². The first-order valence-corrected chi connectivity index (χ1v) is 7.46. The maximum Gasteiger partial charge on any atom is 0.248 e. The number of carbonyl (C=O) groups is 1. The molecule has 2 aromatic carbocycles. The Morgan fingerprint density at radius 3 is 2.79 bits per heavy atom. The molecule has 0 saturated carbocycles. The average molecular weight is 322 g/mol. The van der Waals surface area contributed by atoms with Crippen molar-refractivity contribution in [1.29, 1.82) is 5.26 Å². The molecule has 5 heteroatoms. The van der Waals surface area contributed by atoms with Gasteiger partial charge in [-0.3, -0.25) is 4.79 Å². The quantitative estimate of drug-likeness (QED) is 0.825. The lowest BCUT2D eigenvalue weighted by atomic mass is 10.2. The molecule has 0 aliphatic rings. The van der Waals surface area contributed by atoms with E-state index < -0.39 is 0 Å². The van der Waals surface area contributed by atoms with Crippen LogP contribution in [-0.4, -0.2) is 19.6 Å². The fraction of sp³-hybridized carbons (Fsp3) is 0.158. The summed E-state index contributed by atoms with van der Waals surface area (Å²) < 4.78 is 10.7. The second-order valence-electron chi connectivity index (χ2n) is 4.86. The van der Waals surface area contributed by atoms with Crippen molar-refractivity contribution in [3.63, 3.8) is 0 Å². The summed E-state index contributed by atoms with van der Waals surface area (Å²) in [6.07, 6.45) is 3.11. The van der Waals surface area contributed by atoms with Gasteiger partial charge in [0.2, 0.25) is 5.91 Å². The molecular formula is C19H18N2O3. The van der Waals surface area contributed by atoms with Gasteiger partial charge in [-0.25, -0.2) is 0 Å². The number of benzene rings is 2. The SMILES string of the molecule is CCOc1ccc(/C=C/C(=O)Nc2cccc(C#N)c2)cc1OC. The van der Waals surface area contributed by atoms with E-state index in [4.69, 9.17) is 14.7 Å². The number of methoxy groups -OCH3 is 1. The molecule has 1 amide bonds. The number of amides is 1. The number of ether oxygens (including phenoxy) is 2. The Bertz CT molecular complexity index is 791. The molecular weight excluding hydrogens is 304 g/mol. The van der Waals surface area contributed by atoms with E-state index in [0.717, 1.165) is 5.56 Å². The van der Waals surface area contributed by atoms with Crippen LogP contribution in [0, 0.1) is 11.3 Å². The second-order valence-corrected chi connectivity index (χ2v) is 4.86. The Balaban J connectivity index is 2.07. The fourth-order valence-electron chi connectivity index (χ4n) is 2.08. The number of nitrogens with zero attached hydrogens (tertiary/aromatic N) is 1. The smallest absolute Gasteiger partial charge is 0.248 e. The third-order valence-corrected chi connectivity index (χ3v) is 3.17. The molecule has 5 nitrogen and oxygen atoms in total. The number of hydrogen-bond donors (Lipinski definition) is 1. The van der Waals surface area contributed by atoms with E-state index in [1.165, 1.54) is 6.08 Å². The molecule has 2 rings (SSSR count). The molecule has 122 valence electrons. The highest BCUT2D eigenvalue weighted by Crippen LogP contribution is 2.28. The molecule has 0 aliphatic carbocycles. The van der Waals surface area contributed by atoms with Crippen LogP contribution in [0.5, 0.6) is 11.5 Å². The molecule has 0 heterocycles. The van der Waals surface area contributed by atoms with Crippen molar-refractivity contribution >= 4 is 17.7 Å².